The fourth-order valence-electron chi connectivity index (χ4n) is 7.20. The quantitative estimate of drug-likeness (QED) is 0.482. The second-order valence-electron chi connectivity index (χ2n) is 10.8. The van der Waals surface area contributed by atoms with Crippen LogP contribution in [0.5, 0.6) is 0 Å². The van der Waals surface area contributed by atoms with Gasteiger partial charge >= 0.3 is 0 Å². The van der Waals surface area contributed by atoms with E-state index in [1.165, 1.54) is 46.5 Å². The van der Waals surface area contributed by atoms with Crippen molar-refractivity contribution in [3.63, 3.8) is 0 Å². The lowest BCUT2D eigenvalue weighted by Gasteiger charge is -2.43. The Balaban J connectivity index is 1.22. The summed E-state index contributed by atoms with van der Waals surface area (Å²) in [6.45, 7) is 4.45. The molecule has 0 saturated heterocycles. The number of allylic oxidation sites excluding steroid dienone is 4. The number of carbonyl (C=O) groups is 2. The molecule has 0 aromatic heterocycles. The number of hydrogen-bond donors (Lipinski definition) is 0. The third-order valence-electron chi connectivity index (χ3n) is 8.61. The molecule has 0 radical (unpaired) electrons. The summed E-state index contributed by atoms with van der Waals surface area (Å²) in [4.78, 5) is 31.5. The Morgan fingerprint density at radius 2 is 1.71 bits per heavy atom. The molecule has 5 aliphatic heterocycles. The zero-order valence-corrected chi connectivity index (χ0v) is 20.3. The lowest BCUT2D eigenvalue weighted by atomic mass is 9.75. The number of rotatable bonds is 3. The van der Waals surface area contributed by atoms with E-state index in [4.69, 9.17) is 4.74 Å². The van der Waals surface area contributed by atoms with E-state index in [2.05, 4.69) is 28.0 Å². The van der Waals surface area contributed by atoms with E-state index in [0.29, 0.717) is 6.42 Å². The fourth-order valence-corrected chi connectivity index (χ4v) is 7.20. The Hall–Kier alpha value is -3.08. The Kier molecular flexibility index (Phi) is 5.00. The molecular weight excluding hydrogens is 436 g/mol. The summed E-state index contributed by atoms with van der Waals surface area (Å²) >= 11 is 0. The molecule has 5 heteroatoms. The van der Waals surface area contributed by atoms with Crippen molar-refractivity contribution in [2.75, 3.05) is 37.7 Å². The highest BCUT2D eigenvalue weighted by Crippen LogP contribution is 2.46. The van der Waals surface area contributed by atoms with Gasteiger partial charge in [-0.3, -0.25) is 9.59 Å². The summed E-state index contributed by atoms with van der Waals surface area (Å²) < 4.78 is 6.02. The number of benzene rings is 1. The molecule has 0 spiro atoms. The topological polar surface area (TPSA) is 49.9 Å². The summed E-state index contributed by atoms with van der Waals surface area (Å²) in [5.41, 5.74) is 10.0. The molecule has 1 atom stereocenters. The van der Waals surface area contributed by atoms with Crippen LogP contribution in [0.15, 0.2) is 52.5 Å². The predicted molar refractivity (Wildman–Crippen MR) is 136 cm³/mol. The van der Waals surface area contributed by atoms with Crippen LogP contribution >= 0.6 is 0 Å². The molecule has 0 fully saturated rings. The first kappa shape index (κ1) is 21.2. The Labute approximate surface area is 206 Å². The number of aryl methyl sites for hydroxylation is 2. The van der Waals surface area contributed by atoms with Crippen molar-refractivity contribution >= 4 is 23.3 Å². The second kappa shape index (κ2) is 8.25. The number of carbonyl (C=O) groups excluding carboxylic acids is 2. The van der Waals surface area contributed by atoms with Crippen LogP contribution in [0.4, 0.5) is 5.69 Å². The van der Waals surface area contributed by atoms with E-state index in [-0.39, 0.29) is 18.2 Å². The van der Waals surface area contributed by atoms with Crippen LogP contribution in [0.3, 0.4) is 0 Å². The maximum atomic E-state index is 13.5. The molecule has 0 saturated carbocycles. The average molecular weight is 469 g/mol. The molecule has 35 heavy (non-hydrogen) atoms. The second-order valence-corrected chi connectivity index (χ2v) is 10.8. The van der Waals surface area contributed by atoms with Crippen LogP contribution in [0.25, 0.3) is 6.08 Å². The minimum Gasteiger partial charge on any atom is -0.485 e. The maximum Gasteiger partial charge on any atom is 0.185 e. The van der Waals surface area contributed by atoms with Gasteiger partial charge in [-0.25, -0.2) is 0 Å². The van der Waals surface area contributed by atoms with E-state index in [9.17, 15) is 9.59 Å². The molecule has 1 unspecified atom stereocenters. The summed E-state index contributed by atoms with van der Waals surface area (Å²) in [7, 11) is 0. The zero-order chi connectivity index (χ0) is 23.5. The van der Waals surface area contributed by atoms with Gasteiger partial charge in [-0.1, -0.05) is 12.2 Å². The zero-order valence-electron chi connectivity index (χ0n) is 20.3. The molecule has 180 valence electrons. The summed E-state index contributed by atoms with van der Waals surface area (Å²) in [6.07, 6.45) is 14.2. The number of hydrogen-bond acceptors (Lipinski definition) is 5. The Morgan fingerprint density at radius 1 is 0.971 bits per heavy atom. The van der Waals surface area contributed by atoms with E-state index < -0.39 is 5.92 Å². The first-order chi connectivity index (χ1) is 17.2. The molecule has 0 N–H and O–H groups in total. The van der Waals surface area contributed by atoms with Crippen molar-refractivity contribution in [3.8, 4) is 0 Å². The van der Waals surface area contributed by atoms with Gasteiger partial charge in [0.05, 0.1) is 0 Å². The number of nitrogens with zero attached hydrogens (tertiary/aromatic N) is 2. The van der Waals surface area contributed by atoms with E-state index in [1.807, 2.05) is 6.08 Å². The minimum absolute atomic E-state index is 0.00225. The van der Waals surface area contributed by atoms with E-state index in [0.717, 1.165) is 75.2 Å². The average Bonchev–Trinajstić information content (AvgIpc) is 2.88. The van der Waals surface area contributed by atoms with Gasteiger partial charge in [-0.05, 0) is 91.0 Å². The third-order valence-corrected chi connectivity index (χ3v) is 8.61. The fraction of sp³-hybridized carbons (Fsp3) is 0.467. The molecule has 7 rings (SSSR count). The predicted octanol–water partition coefficient (Wildman–Crippen LogP) is 4.52. The molecular formula is C30H32N2O3. The number of fused-ring (bicyclic) bond motifs is 1. The largest absolute Gasteiger partial charge is 0.485 e. The monoisotopic (exact) mass is 468 g/mol. The standard InChI is InChI=1S/C30H32N2O3/c33-25(10-9-19-15-20-5-1-11-31-12-2-6-21(16-19)28(20)31)27-24-17-22-7-3-13-32-14-4-8-23(29(22)32)30(24)35-18-26(27)34/h7,9-10,15-16,27H,1-6,8,11-14,17-18H2. The molecule has 1 aromatic carbocycles. The Bertz CT molecular complexity index is 1230. The van der Waals surface area contributed by atoms with Gasteiger partial charge in [0.1, 0.15) is 18.3 Å². The molecule has 1 aliphatic carbocycles. The van der Waals surface area contributed by atoms with Crippen LogP contribution in [-0.4, -0.2) is 49.3 Å². The normalized spacial score (nSPS) is 25.2. The number of Topliss-reactive ketones (excluding diaryl/α,β-unsaturated/α-hetero) is 1. The van der Waals surface area contributed by atoms with Gasteiger partial charge in [0.2, 0.25) is 0 Å². The van der Waals surface area contributed by atoms with Crippen LogP contribution in [0.1, 0.15) is 55.2 Å². The van der Waals surface area contributed by atoms with Gasteiger partial charge < -0.3 is 14.5 Å². The third kappa shape index (κ3) is 3.42. The lowest BCUT2D eigenvalue weighted by molar-refractivity contribution is -0.132. The van der Waals surface area contributed by atoms with Crippen LogP contribution in [0, 0.1) is 5.92 Å². The van der Waals surface area contributed by atoms with Crippen molar-refractivity contribution in [2.45, 2.75) is 51.4 Å². The van der Waals surface area contributed by atoms with Crippen LogP contribution < -0.4 is 4.90 Å². The van der Waals surface area contributed by atoms with Gasteiger partial charge in [0, 0.05) is 49.6 Å². The van der Waals surface area contributed by atoms with Gasteiger partial charge in [0.25, 0.3) is 0 Å². The maximum absolute atomic E-state index is 13.5. The van der Waals surface area contributed by atoms with E-state index >= 15 is 0 Å². The molecule has 6 aliphatic rings. The molecule has 0 amide bonds. The summed E-state index contributed by atoms with van der Waals surface area (Å²) in [5.74, 6) is -0.0863. The number of ketones is 2. The first-order valence-corrected chi connectivity index (χ1v) is 13.4. The van der Waals surface area contributed by atoms with Gasteiger partial charge in [-0.15, -0.1) is 0 Å². The van der Waals surface area contributed by atoms with Crippen molar-refractivity contribution in [3.05, 3.63) is 69.2 Å². The number of ether oxygens (including phenoxy) is 1. The highest BCUT2D eigenvalue weighted by molar-refractivity contribution is 6.12. The summed E-state index contributed by atoms with van der Waals surface area (Å²) in [5, 5.41) is 0. The molecule has 5 heterocycles. The van der Waals surface area contributed by atoms with Crippen molar-refractivity contribution in [1.29, 1.82) is 0 Å². The van der Waals surface area contributed by atoms with Crippen molar-refractivity contribution in [1.82, 2.24) is 4.90 Å². The van der Waals surface area contributed by atoms with Crippen molar-refractivity contribution < 1.29 is 14.3 Å². The van der Waals surface area contributed by atoms with Gasteiger partial charge in [0.15, 0.2) is 11.6 Å². The SMILES string of the molecule is O=C(C=Cc1cc2c3c(c1)CCCN3CCC2)C1C(=O)COC2=C1CC1=CCCN3CCCC2=C13. The highest BCUT2D eigenvalue weighted by atomic mass is 16.5. The highest BCUT2D eigenvalue weighted by Gasteiger charge is 2.42. The molecule has 0 bridgehead atoms. The van der Waals surface area contributed by atoms with Crippen molar-refractivity contribution in [2.24, 2.45) is 5.92 Å². The minimum atomic E-state index is -0.714. The molecule has 1 aromatic rings. The lowest BCUT2D eigenvalue weighted by Crippen LogP contribution is -2.40. The number of anilines is 1. The first-order valence-electron chi connectivity index (χ1n) is 13.4. The smallest absolute Gasteiger partial charge is 0.185 e. The van der Waals surface area contributed by atoms with E-state index in [1.54, 1.807) is 6.08 Å². The Morgan fingerprint density at radius 3 is 2.51 bits per heavy atom. The molecule has 5 nitrogen and oxygen atoms in total. The summed E-state index contributed by atoms with van der Waals surface area (Å²) in [6, 6.07) is 4.50. The van der Waals surface area contributed by atoms with Crippen LogP contribution in [-0.2, 0) is 27.2 Å². The van der Waals surface area contributed by atoms with Crippen LogP contribution in [0.2, 0.25) is 0 Å². The van der Waals surface area contributed by atoms with Gasteiger partial charge in [-0.2, -0.15) is 0 Å².